The fourth-order valence-corrected chi connectivity index (χ4v) is 2.26. The highest BCUT2D eigenvalue weighted by Crippen LogP contribution is 2.23. The SMILES string of the molecule is O=C(NCC1CCC(O)CC1)c1c[nH]c(=O)[nH]c1=O. The Labute approximate surface area is 109 Å². The third-order valence-corrected chi connectivity index (χ3v) is 3.43. The fourth-order valence-electron chi connectivity index (χ4n) is 2.26. The molecule has 0 atom stereocenters. The minimum absolute atomic E-state index is 0.101. The molecule has 104 valence electrons. The molecule has 1 aliphatic carbocycles. The molecule has 1 amide bonds. The van der Waals surface area contributed by atoms with E-state index in [2.05, 4.69) is 10.3 Å². The summed E-state index contributed by atoms with van der Waals surface area (Å²) in [6, 6.07) is 0. The molecular weight excluding hydrogens is 250 g/mol. The molecule has 0 saturated heterocycles. The second-order valence-electron chi connectivity index (χ2n) is 4.87. The number of aromatic nitrogens is 2. The highest BCUT2D eigenvalue weighted by atomic mass is 16.3. The lowest BCUT2D eigenvalue weighted by Crippen LogP contribution is -2.36. The molecule has 1 aromatic rings. The summed E-state index contributed by atoms with van der Waals surface area (Å²) >= 11 is 0. The zero-order valence-electron chi connectivity index (χ0n) is 10.4. The lowest BCUT2D eigenvalue weighted by atomic mass is 9.87. The first kappa shape index (κ1) is 13.5. The van der Waals surface area contributed by atoms with E-state index in [9.17, 15) is 19.5 Å². The van der Waals surface area contributed by atoms with Gasteiger partial charge in [0.15, 0.2) is 0 Å². The summed E-state index contributed by atoms with van der Waals surface area (Å²) in [5.41, 5.74) is -1.43. The molecule has 1 aliphatic rings. The number of aliphatic hydroxyl groups excluding tert-OH is 1. The zero-order chi connectivity index (χ0) is 13.8. The number of nitrogens with one attached hydrogen (secondary N) is 3. The van der Waals surface area contributed by atoms with Gasteiger partial charge in [0.05, 0.1) is 6.10 Å². The number of aromatic amines is 2. The molecular formula is C12H17N3O4. The van der Waals surface area contributed by atoms with Crippen LogP contribution in [0.2, 0.25) is 0 Å². The number of carbonyl (C=O) groups is 1. The molecule has 1 fully saturated rings. The van der Waals surface area contributed by atoms with Gasteiger partial charge in [0.25, 0.3) is 11.5 Å². The van der Waals surface area contributed by atoms with Crippen molar-refractivity contribution >= 4 is 5.91 Å². The number of rotatable bonds is 3. The van der Waals surface area contributed by atoms with Crippen LogP contribution in [0.25, 0.3) is 0 Å². The Morgan fingerprint density at radius 1 is 1.32 bits per heavy atom. The number of amides is 1. The van der Waals surface area contributed by atoms with Crippen LogP contribution in [0.5, 0.6) is 0 Å². The molecule has 7 heteroatoms. The Hall–Kier alpha value is -1.89. The number of aliphatic hydroxyl groups is 1. The average Bonchev–Trinajstić information content (AvgIpc) is 2.37. The summed E-state index contributed by atoms with van der Waals surface area (Å²) in [4.78, 5) is 38.3. The Morgan fingerprint density at radius 2 is 2.00 bits per heavy atom. The van der Waals surface area contributed by atoms with E-state index < -0.39 is 17.2 Å². The van der Waals surface area contributed by atoms with Crippen LogP contribution >= 0.6 is 0 Å². The van der Waals surface area contributed by atoms with Crippen molar-refractivity contribution in [1.29, 1.82) is 0 Å². The molecule has 0 radical (unpaired) electrons. The van der Waals surface area contributed by atoms with Gasteiger partial charge in [-0.15, -0.1) is 0 Å². The molecule has 2 rings (SSSR count). The summed E-state index contributed by atoms with van der Waals surface area (Å²) in [6.07, 6.45) is 4.11. The lowest BCUT2D eigenvalue weighted by molar-refractivity contribution is 0.0908. The van der Waals surface area contributed by atoms with Gasteiger partial charge >= 0.3 is 5.69 Å². The molecule has 19 heavy (non-hydrogen) atoms. The van der Waals surface area contributed by atoms with Crippen molar-refractivity contribution in [3.05, 3.63) is 32.6 Å². The van der Waals surface area contributed by atoms with E-state index in [4.69, 9.17) is 0 Å². The van der Waals surface area contributed by atoms with Crippen molar-refractivity contribution in [3.63, 3.8) is 0 Å². The van der Waals surface area contributed by atoms with Gasteiger partial charge in [-0.3, -0.25) is 14.6 Å². The number of hydrogen-bond donors (Lipinski definition) is 4. The van der Waals surface area contributed by atoms with Gasteiger partial charge in [-0.05, 0) is 31.6 Å². The van der Waals surface area contributed by atoms with Crippen molar-refractivity contribution in [2.45, 2.75) is 31.8 Å². The monoisotopic (exact) mass is 267 g/mol. The molecule has 7 nitrogen and oxygen atoms in total. The summed E-state index contributed by atoms with van der Waals surface area (Å²) < 4.78 is 0. The van der Waals surface area contributed by atoms with Crippen LogP contribution in [0.1, 0.15) is 36.0 Å². The maximum atomic E-state index is 11.8. The van der Waals surface area contributed by atoms with Gasteiger partial charge in [0.2, 0.25) is 0 Å². The molecule has 0 aliphatic heterocycles. The Balaban J connectivity index is 1.91. The van der Waals surface area contributed by atoms with Crippen LogP contribution < -0.4 is 16.6 Å². The molecule has 1 saturated carbocycles. The van der Waals surface area contributed by atoms with E-state index in [1.807, 2.05) is 4.98 Å². The molecule has 1 aromatic heterocycles. The van der Waals surface area contributed by atoms with Gasteiger partial charge in [0.1, 0.15) is 5.56 Å². The minimum atomic E-state index is -0.694. The number of H-pyrrole nitrogens is 2. The van der Waals surface area contributed by atoms with Gasteiger partial charge in [-0.25, -0.2) is 4.79 Å². The van der Waals surface area contributed by atoms with E-state index >= 15 is 0 Å². The highest BCUT2D eigenvalue weighted by molar-refractivity contribution is 5.93. The Kier molecular flexibility index (Phi) is 4.16. The van der Waals surface area contributed by atoms with Crippen molar-refractivity contribution in [1.82, 2.24) is 15.3 Å². The first-order chi connectivity index (χ1) is 9.06. The number of carbonyl (C=O) groups excluding carboxylic acids is 1. The van der Waals surface area contributed by atoms with E-state index in [0.29, 0.717) is 12.5 Å². The van der Waals surface area contributed by atoms with E-state index in [1.54, 1.807) is 0 Å². The van der Waals surface area contributed by atoms with Crippen molar-refractivity contribution in [2.75, 3.05) is 6.54 Å². The maximum Gasteiger partial charge on any atom is 0.325 e. The zero-order valence-corrected chi connectivity index (χ0v) is 10.4. The summed E-state index contributed by atoms with van der Waals surface area (Å²) in [5.74, 6) is -0.169. The van der Waals surface area contributed by atoms with Crippen LogP contribution in [-0.2, 0) is 0 Å². The van der Waals surface area contributed by atoms with Crippen LogP contribution in [0.4, 0.5) is 0 Å². The number of hydrogen-bond acceptors (Lipinski definition) is 4. The quantitative estimate of drug-likeness (QED) is 0.582. The second-order valence-corrected chi connectivity index (χ2v) is 4.87. The first-order valence-corrected chi connectivity index (χ1v) is 6.34. The normalized spacial score (nSPS) is 23.0. The molecule has 0 aromatic carbocycles. The third-order valence-electron chi connectivity index (χ3n) is 3.43. The molecule has 1 heterocycles. The van der Waals surface area contributed by atoms with Crippen LogP contribution in [0.15, 0.2) is 15.8 Å². The lowest BCUT2D eigenvalue weighted by Gasteiger charge is -2.25. The topological polar surface area (TPSA) is 115 Å². The smallest absolute Gasteiger partial charge is 0.325 e. The Morgan fingerprint density at radius 3 is 2.63 bits per heavy atom. The predicted octanol–water partition coefficient (Wildman–Crippen LogP) is -0.656. The van der Waals surface area contributed by atoms with Crippen molar-refractivity contribution in [2.24, 2.45) is 5.92 Å². The molecule has 0 spiro atoms. The van der Waals surface area contributed by atoms with Crippen LogP contribution in [-0.4, -0.2) is 33.6 Å². The van der Waals surface area contributed by atoms with E-state index in [-0.39, 0.29) is 11.7 Å². The maximum absolute atomic E-state index is 11.8. The highest BCUT2D eigenvalue weighted by Gasteiger charge is 2.20. The largest absolute Gasteiger partial charge is 0.393 e. The van der Waals surface area contributed by atoms with E-state index in [0.717, 1.165) is 31.9 Å². The van der Waals surface area contributed by atoms with Crippen molar-refractivity contribution < 1.29 is 9.90 Å². The minimum Gasteiger partial charge on any atom is -0.393 e. The predicted molar refractivity (Wildman–Crippen MR) is 68.0 cm³/mol. The first-order valence-electron chi connectivity index (χ1n) is 6.34. The fraction of sp³-hybridized carbons (Fsp3) is 0.583. The van der Waals surface area contributed by atoms with Crippen LogP contribution in [0, 0.1) is 5.92 Å². The molecule has 0 bridgehead atoms. The van der Waals surface area contributed by atoms with Gasteiger partial charge in [-0.2, -0.15) is 0 Å². The summed E-state index contributed by atoms with van der Waals surface area (Å²) in [6.45, 7) is 0.476. The standard InChI is InChI=1S/C12H17N3O4/c16-8-3-1-7(2-4-8)5-13-10(17)9-6-14-12(19)15-11(9)18/h6-8,16H,1-5H2,(H,13,17)(H2,14,15,18,19). The molecule has 4 N–H and O–H groups in total. The van der Waals surface area contributed by atoms with Crippen LogP contribution in [0.3, 0.4) is 0 Å². The Bertz CT molecular complexity index is 555. The molecule has 0 unspecified atom stereocenters. The van der Waals surface area contributed by atoms with Gasteiger partial charge in [-0.1, -0.05) is 0 Å². The summed E-state index contributed by atoms with van der Waals surface area (Å²) in [5, 5.41) is 12.1. The van der Waals surface area contributed by atoms with Gasteiger partial charge in [0, 0.05) is 12.7 Å². The van der Waals surface area contributed by atoms with Gasteiger partial charge < -0.3 is 15.4 Å². The van der Waals surface area contributed by atoms with Crippen molar-refractivity contribution in [3.8, 4) is 0 Å². The summed E-state index contributed by atoms with van der Waals surface area (Å²) in [7, 11) is 0. The third kappa shape index (κ3) is 3.54. The average molecular weight is 267 g/mol. The second kappa shape index (κ2) is 5.83. The van der Waals surface area contributed by atoms with E-state index in [1.165, 1.54) is 0 Å².